The van der Waals surface area contributed by atoms with Gasteiger partial charge in [0.15, 0.2) is 5.65 Å². The maximum Gasteiger partial charge on any atom is 0.218 e. The Morgan fingerprint density at radius 1 is 1.29 bits per heavy atom. The Hall–Kier alpha value is -3.13. The van der Waals surface area contributed by atoms with Crippen molar-refractivity contribution in [3.8, 4) is 5.88 Å². The van der Waals surface area contributed by atoms with E-state index in [0.717, 1.165) is 47.5 Å². The Bertz CT molecular complexity index is 1050. The number of pyridine rings is 1. The summed E-state index contributed by atoms with van der Waals surface area (Å²) in [4.78, 5) is 17.3. The Morgan fingerprint density at radius 3 is 3.14 bits per heavy atom. The molecular weight excluding hydrogens is 356 g/mol. The zero-order valence-electron chi connectivity index (χ0n) is 15.8. The molecule has 5 heterocycles. The molecular formula is C20H22N6O2. The predicted molar refractivity (Wildman–Crippen MR) is 105 cm³/mol. The normalized spacial score (nSPS) is 19.7. The molecule has 0 unspecified atom stereocenters. The van der Waals surface area contributed by atoms with Crippen molar-refractivity contribution in [2.24, 2.45) is 0 Å². The van der Waals surface area contributed by atoms with Crippen LogP contribution in [0, 0.1) is 6.92 Å². The minimum absolute atomic E-state index is 0.175. The lowest BCUT2D eigenvalue weighted by atomic mass is 10.0. The first-order valence-corrected chi connectivity index (χ1v) is 9.48. The number of hydroxylamine groups is 1. The second-order valence-electron chi connectivity index (χ2n) is 7.15. The summed E-state index contributed by atoms with van der Waals surface area (Å²) < 4.78 is 7.71. The fourth-order valence-corrected chi connectivity index (χ4v) is 3.91. The monoisotopic (exact) mass is 378 g/mol. The molecule has 1 fully saturated rings. The smallest absolute Gasteiger partial charge is 0.218 e. The zero-order valence-corrected chi connectivity index (χ0v) is 15.8. The van der Waals surface area contributed by atoms with Crippen LogP contribution < -0.4 is 15.1 Å². The number of nitrogens with zero attached hydrogens (tertiary/aromatic N) is 5. The number of hydrogen-bond acceptors (Lipinski definition) is 7. The summed E-state index contributed by atoms with van der Waals surface area (Å²) in [6.07, 6.45) is 7.64. The van der Waals surface area contributed by atoms with E-state index in [1.807, 2.05) is 18.5 Å². The first kappa shape index (κ1) is 17.0. The van der Waals surface area contributed by atoms with Crippen LogP contribution >= 0.6 is 0 Å². The highest BCUT2D eigenvalue weighted by atomic mass is 16.7. The highest BCUT2D eigenvalue weighted by Crippen LogP contribution is 2.39. The van der Waals surface area contributed by atoms with Crippen molar-refractivity contribution in [2.45, 2.75) is 25.8 Å². The molecule has 2 aliphatic heterocycles. The van der Waals surface area contributed by atoms with Crippen molar-refractivity contribution < 1.29 is 9.57 Å². The van der Waals surface area contributed by atoms with Crippen LogP contribution in [0.4, 0.5) is 5.82 Å². The zero-order chi connectivity index (χ0) is 19.1. The molecule has 2 aliphatic rings. The van der Waals surface area contributed by atoms with Gasteiger partial charge < -0.3 is 9.64 Å². The lowest BCUT2D eigenvalue weighted by Crippen LogP contribution is -2.25. The number of fused-ring (bicyclic) bond motifs is 5. The molecule has 0 aromatic carbocycles. The molecule has 144 valence electrons. The van der Waals surface area contributed by atoms with Crippen LogP contribution in [-0.4, -0.2) is 39.3 Å². The maximum atomic E-state index is 5.96. The van der Waals surface area contributed by atoms with E-state index in [0.29, 0.717) is 24.8 Å². The van der Waals surface area contributed by atoms with E-state index < -0.39 is 0 Å². The molecule has 0 spiro atoms. The summed E-state index contributed by atoms with van der Waals surface area (Å²) in [7, 11) is 0. The summed E-state index contributed by atoms with van der Waals surface area (Å²) in [5.74, 6) is 1.57. The van der Waals surface area contributed by atoms with Gasteiger partial charge in [0, 0.05) is 24.5 Å². The number of aryl methyl sites for hydroxylation is 1. The molecule has 3 aromatic heterocycles. The fraction of sp³-hybridized carbons (Fsp3) is 0.350. The van der Waals surface area contributed by atoms with Crippen LogP contribution in [0.25, 0.3) is 11.3 Å². The minimum Gasteiger partial charge on any atom is -0.475 e. The third-order valence-electron chi connectivity index (χ3n) is 5.22. The molecule has 0 saturated carbocycles. The van der Waals surface area contributed by atoms with Gasteiger partial charge in [-0.15, -0.1) is 0 Å². The van der Waals surface area contributed by atoms with E-state index in [-0.39, 0.29) is 6.04 Å². The first-order chi connectivity index (χ1) is 13.7. The molecule has 0 radical (unpaired) electrons. The van der Waals surface area contributed by atoms with Gasteiger partial charge in [0.1, 0.15) is 19.0 Å². The molecule has 1 saturated heterocycles. The second kappa shape index (κ2) is 6.79. The van der Waals surface area contributed by atoms with Gasteiger partial charge in [0.2, 0.25) is 5.88 Å². The Labute approximate surface area is 162 Å². The van der Waals surface area contributed by atoms with Crippen molar-refractivity contribution in [1.82, 2.24) is 25.1 Å². The molecule has 8 heteroatoms. The average Bonchev–Trinajstić information content (AvgIpc) is 3.34. The molecule has 28 heavy (non-hydrogen) atoms. The van der Waals surface area contributed by atoms with Gasteiger partial charge in [-0.3, -0.25) is 10.3 Å². The highest BCUT2D eigenvalue weighted by Gasteiger charge is 2.31. The number of anilines is 1. The molecule has 1 atom stereocenters. The molecule has 0 amide bonds. The van der Waals surface area contributed by atoms with E-state index in [1.165, 1.54) is 0 Å². The molecule has 2 bridgehead atoms. The van der Waals surface area contributed by atoms with Gasteiger partial charge in [-0.1, -0.05) is 6.58 Å². The van der Waals surface area contributed by atoms with Crippen LogP contribution in [0.5, 0.6) is 5.88 Å². The van der Waals surface area contributed by atoms with Gasteiger partial charge in [-0.25, -0.2) is 14.5 Å². The quantitative estimate of drug-likeness (QED) is 0.644. The Morgan fingerprint density at radius 2 is 2.21 bits per heavy atom. The van der Waals surface area contributed by atoms with Crippen LogP contribution in [0.3, 0.4) is 0 Å². The lowest BCUT2D eigenvalue weighted by Gasteiger charge is -2.27. The minimum atomic E-state index is 0.175. The molecule has 8 nitrogen and oxygen atoms in total. The third kappa shape index (κ3) is 2.86. The summed E-state index contributed by atoms with van der Waals surface area (Å²) in [5.41, 5.74) is 7.26. The van der Waals surface area contributed by atoms with Crippen LogP contribution in [0.1, 0.15) is 35.6 Å². The van der Waals surface area contributed by atoms with Crippen LogP contribution in [-0.2, 0) is 4.84 Å². The number of aromatic nitrogens is 4. The Kier molecular flexibility index (Phi) is 4.12. The third-order valence-corrected chi connectivity index (χ3v) is 5.22. The van der Waals surface area contributed by atoms with Gasteiger partial charge >= 0.3 is 0 Å². The lowest BCUT2D eigenvalue weighted by molar-refractivity contribution is 0.0528. The first-order valence-electron chi connectivity index (χ1n) is 9.48. The highest BCUT2D eigenvalue weighted by molar-refractivity contribution is 5.73. The maximum absolute atomic E-state index is 5.96. The average molecular weight is 378 g/mol. The fourth-order valence-electron chi connectivity index (χ4n) is 3.91. The molecule has 5 rings (SSSR count). The van der Waals surface area contributed by atoms with E-state index in [2.05, 4.69) is 40.0 Å². The largest absolute Gasteiger partial charge is 0.475 e. The van der Waals surface area contributed by atoms with E-state index in [4.69, 9.17) is 14.6 Å². The SMILES string of the molecule is C=C1NOCCOc2ncc(C)cc2[C@H]2CCCN2c2ccn3ncc1c3n2. The molecule has 3 aromatic rings. The molecule has 1 N–H and O–H groups in total. The summed E-state index contributed by atoms with van der Waals surface area (Å²) in [6, 6.07) is 4.35. The van der Waals surface area contributed by atoms with Gasteiger partial charge in [-0.2, -0.15) is 5.10 Å². The van der Waals surface area contributed by atoms with E-state index >= 15 is 0 Å². The summed E-state index contributed by atoms with van der Waals surface area (Å²) in [5, 5.41) is 4.38. The number of rotatable bonds is 0. The van der Waals surface area contributed by atoms with E-state index in [1.54, 1.807) is 10.7 Å². The van der Waals surface area contributed by atoms with E-state index in [9.17, 15) is 0 Å². The van der Waals surface area contributed by atoms with Crippen LogP contribution in [0.2, 0.25) is 0 Å². The summed E-state index contributed by atoms with van der Waals surface area (Å²) >= 11 is 0. The molecule has 0 aliphatic carbocycles. The van der Waals surface area contributed by atoms with Crippen molar-refractivity contribution >= 4 is 17.2 Å². The standard InChI is InChI=1S/C20H22N6O2/c1-13-10-15-17-4-3-6-25(17)18-5-7-26-19(23-18)16(12-22-26)14(2)24-28-9-8-27-20(15)21-11-13/h5,7,10-12,17,24H,2-4,6,8-9H2,1H3/t17-/m1/s1. The topological polar surface area (TPSA) is 76.8 Å². The van der Waals surface area contributed by atoms with Crippen molar-refractivity contribution in [1.29, 1.82) is 0 Å². The van der Waals surface area contributed by atoms with Crippen LogP contribution in [0.15, 0.2) is 37.3 Å². The Balaban J connectivity index is 1.65. The van der Waals surface area contributed by atoms with Gasteiger partial charge in [0.05, 0.1) is 23.5 Å². The summed E-state index contributed by atoms with van der Waals surface area (Å²) in [6.45, 7) is 7.80. The van der Waals surface area contributed by atoms with Gasteiger partial charge in [-0.05, 0) is 37.5 Å². The number of hydrogen-bond donors (Lipinski definition) is 1. The van der Waals surface area contributed by atoms with Crippen molar-refractivity contribution in [3.05, 3.63) is 54.0 Å². The van der Waals surface area contributed by atoms with Gasteiger partial charge in [0.25, 0.3) is 0 Å². The van der Waals surface area contributed by atoms with Crippen molar-refractivity contribution in [2.75, 3.05) is 24.7 Å². The predicted octanol–water partition coefficient (Wildman–Crippen LogP) is 2.66. The second-order valence-corrected chi connectivity index (χ2v) is 7.15. The van der Waals surface area contributed by atoms with Crippen molar-refractivity contribution in [3.63, 3.8) is 0 Å². The number of ether oxygens (including phenoxy) is 1. The number of nitrogens with one attached hydrogen (secondary N) is 1.